The van der Waals surface area contributed by atoms with Crippen molar-refractivity contribution < 1.29 is 27.1 Å². The van der Waals surface area contributed by atoms with E-state index in [-0.39, 0.29) is 30.3 Å². The number of amides is 3. The lowest BCUT2D eigenvalue weighted by Crippen LogP contribution is -2.49. The molecular weight excluding hydrogens is 449 g/mol. The monoisotopic (exact) mass is 481 g/mol. The molecule has 1 aliphatic heterocycles. The van der Waals surface area contributed by atoms with Crippen LogP contribution < -0.4 is 14.8 Å². The van der Waals surface area contributed by atoms with Gasteiger partial charge in [0.25, 0.3) is 0 Å². The normalized spacial score (nSPS) is 18.7. The molecule has 33 heavy (non-hydrogen) atoms. The van der Waals surface area contributed by atoms with Gasteiger partial charge in [-0.2, -0.15) is 0 Å². The van der Waals surface area contributed by atoms with Gasteiger partial charge in [-0.15, -0.1) is 0 Å². The number of rotatable bonds is 11. The van der Waals surface area contributed by atoms with Crippen LogP contribution in [0.1, 0.15) is 57.1 Å². The van der Waals surface area contributed by atoms with Crippen LogP contribution in [0.15, 0.2) is 30.4 Å². The molecule has 1 saturated heterocycles. The molecule has 2 fully saturated rings. The summed E-state index contributed by atoms with van der Waals surface area (Å²) in [6, 6.07) is 3.44. The van der Waals surface area contributed by atoms with Crippen molar-refractivity contribution in [2.24, 2.45) is 5.92 Å². The zero-order chi connectivity index (χ0) is 23.8. The van der Waals surface area contributed by atoms with Gasteiger partial charge in [-0.25, -0.2) is 22.3 Å². The number of urea groups is 1. The van der Waals surface area contributed by atoms with E-state index in [1.54, 1.807) is 31.2 Å². The summed E-state index contributed by atoms with van der Waals surface area (Å²) in [5.74, 6) is -0.269. The molecule has 1 aromatic carbocycles. The summed E-state index contributed by atoms with van der Waals surface area (Å²) in [5.41, 5.74) is 0.627. The van der Waals surface area contributed by atoms with Crippen LogP contribution in [-0.2, 0) is 14.8 Å². The minimum atomic E-state index is -3.57. The largest absolute Gasteiger partial charge is 0.490 e. The molecule has 1 heterocycles. The number of benzene rings is 1. The van der Waals surface area contributed by atoms with Crippen molar-refractivity contribution in [1.82, 2.24) is 14.9 Å². The lowest BCUT2D eigenvalue weighted by molar-refractivity contribution is -0.121. The zero-order valence-electron chi connectivity index (χ0n) is 18.9. The summed E-state index contributed by atoms with van der Waals surface area (Å²) in [7, 11) is -3.57. The number of sulfonamides is 1. The Morgan fingerprint density at radius 1 is 1.27 bits per heavy atom. The van der Waals surface area contributed by atoms with Crippen LogP contribution in [0.3, 0.4) is 0 Å². The van der Waals surface area contributed by atoms with E-state index in [2.05, 4.69) is 10.0 Å². The quantitative estimate of drug-likeness (QED) is 0.472. The molecule has 1 atom stereocenters. The minimum absolute atomic E-state index is 0.120. The predicted molar refractivity (Wildman–Crippen MR) is 123 cm³/mol. The molecule has 0 aromatic heterocycles. The summed E-state index contributed by atoms with van der Waals surface area (Å²) < 4.78 is 47.4. The van der Waals surface area contributed by atoms with Crippen molar-refractivity contribution in [3.05, 3.63) is 41.7 Å². The minimum Gasteiger partial charge on any atom is -0.490 e. The molecule has 2 N–H and O–H groups in total. The number of nitrogens with one attached hydrogen (secondary N) is 2. The van der Waals surface area contributed by atoms with Crippen LogP contribution in [-0.4, -0.2) is 50.7 Å². The third-order valence-corrected chi connectivity index (χ3v) is 7.43. The van der Waals surface area contributed by atoms with E-state index in [0.29, 0.717) is 31.2 Å². The van der Waals surface area contributed by atoms with Crippen molar-refractivity contribution in [2.75, 3.05) is 25.4 Å². The Kier molecular flexibility index (Phi) is 8.85. The van der Waals surface area contributed by atoms with Gasteiger partial charge in [0.15, 0.2) is 11.6 Å². The molecule has 182 valence electrons. The van der Waals surface area contributed by atoms with Crippen LogP contribution in [0, 0.1) is 11.7 Å². The van der Waals surface area contributed by atoms with Crippen molar-refractivity contribution >= 4 is 22.0 Å². The van der Waals surface area contributed by atoms with E-state index in [1.165, 1.54) is 23.8 Å². The van der Waals surface area contributed by atoms with Crippen molar-refractivity contribution in [1.29, 1.82) is 0 Å². The highest BCUT2D eigenvalue weighted by Gasteiger charge is 2.22. The van der Waals surface area contributed by atoms with Crippen LogP contribution in [0.4, 0.5) is 9.18 Å². The number of carbonyl (C=O) groups is 2. The molecule has 8 nitrogen and oxygen atoms in total. The van der Waals surface area contributed by atoms with Crippen LogP contribution in [0.25, 0.3) is 0 Å². The highest BCUT2D eigenvalue weighted by molar-refractivity contribution is 7.89. The molecule has 1 saturated carbocycles. The van der Waals surface area contributed by atoms with Gasteiger partial charge < -0.3 is 9.64 Å². The molecule has 2 aliphatic rings. The molecule has 0 radical (unpaired) electrons. The maximum atomic E-state index is 14.1. The van der Waals surface area contributed by atoms with Crippen molar-refractivity contribution in [3.8, 4) is 5.75 Å². The first-order valence-electron chi connectivity index (χ1n) is 11.4. The molecule has 1 aromatic rings. The van der Waals surface area contributed by atoms with E-state index in [9.17, 15) is 22.4 Å². The Hall–Kier alpha value is -2.46. The third kappa shape index (κ3) is 7.82. The van der Waals surface area contributed by atoms with Crippen LogP contribution >= 0.6 is 0 Å². The Morgan fingerprint density at radius 2 is 2.03 bits per heavy atom. The van der Waals surface area contributed by atoms with Gasteiger partial charge in [0.1, 0.15) is 0 Å². The molecule has 0 bridgehead atoms. The van der Waals surface area contributed by atoms with Gasteiger partial charge in [-0.05, 0) is 49.8 Å². The first-order valence-corrected chi connectivity index (χ1v) is 13.0. The Balaban J connectivity index is 1.46. The Morgan fingerprint density at radius 3 is 2.76 bits per heavy atom. The topological polar surface area (TPSA) is 105 Å². The second-order valence-corrected chi connectivity index (χ2v) is 10.5. The average molecular weight is 482 g/mol. The molecule has 1 aliphatic carbocycles. The first kappa shape index (κ1) is 25.2. The molecule has 3 amide bonds. The van der Waals surface area contributed by atoms with Gasteiger partial charge in [0.05, 0.1) is 12.4 Å². The average Bonchev–Trinajstić information content (AvgIpc) is 3.27. The molecule has 10 heteroatoms. The van der Waals surface area contributed by atoms with E-state index in [1.807, 2.05) is 0 Å². The molecule has 3 rings (SSSR count). The van der Waals surface area contributed by atoms with Gasteiger partial charge >= 0.3 is 6.03 Å². The van der Waals surface area contributed by atoms with E-state index in [4.69, 9.17) is 4.74 Å². The number of allylic oxidation sites excluding steroid dienone is 1. The fraction of sp³-hybridized carbons (Fsp3) is 0.565. The summed E-state index contributed by atoms with van der Waals surface area (Å²) in [6.07, 6.45) is 8.48. The van der Waals surface area contributed by atoms with E-state index < -0.39 is 27.9 Å². The van der Waals surface area contributed by atoms with Gasteiger partial charge in [-0.1, -0.05) is 31.1 Å². The summed E-state index contributed by atoms with van der Waals surface area (Å²) in [4.78, 5) is 24.3. The number of imide groups is 1. The van der Waals surface area contributed by atoms with E-state index in [0.717, 1.165) is 12.8 Å². The highest BCUT2D eigenvalue weighted by Crippen LogP contribution is 2.28. The maximum absolute atomic E-state index is 14.1. The second-order valence-electron chi connectivity index (χ2n) is 8.62. The molecule has 0 spiro atoms. The number of carbonyl (C=O) groups excluding carboxylic acids is 2. The standard InChI is InChI=1S/C23H32FN3O5S/c1-17(19-9-10-20(24)21(15-19)32-16-18-7-3-4-8-18)26-33(30,31)14-6-2-5-12-27-13-11-22(28)25-23(27)29/h2,5,9-10,15,17-18,26H,3-4,6-8,11-14,16H2,1H3,(H,25,28,29)/b5-2+/t17-/m1/s1. The SMILES string of the molecule is C[C@@H](NS(=O)(=O)CC/C=C/CN1CCC(=O)NC1=O)c1ccc(F)c(OCC2CCCC2)c1. The lowest BCUT2D eigenvalue weighted by atomic mass is 10.1. The fourth-order valence-corrected chi connectivity index (χ4v) is 5.24. The van der Waals surface area contributed by atoms with Gasteiger partial charge in [0, 0.05) is 25.6 Å². The Labute approximate surface area is 194 Å². The number of hydrogen-bond donors (Lipinski definition) is 2. The number of hydrogen-bond acceptors (Lipinski definition) is 5. The number of halogens is 1. The zero-order valence-corrected chi connectivity index (χ0v) is 19.7. The van der Waals surface area contributed by atoms with Gasteiger partial charge in [-0.3, -0.25) is 10.1 Å². The Bertz CT molecular complexity index is 976. The van der Waals surface area contributed by atoms with Crippen molar-refractivity contribution in [3.63, 3.8) is 0 Å². The summed E-state index contributed by atoms with van der Waals surface area (Å²) >= 11 is 0. The lowest BCUT2D eigenvalue weighted by Gasteiger charge is -2.25. The molecule has 0 unspecified atom stereocenters. The highest BCUT2D eigenvalue weighted by atomic mass is 32.2. The van der Waals surface area contributed by atoms with E-state index >= 15 is 0 Å². The van der Waals surface area contributed by atoms with Gasteiger partial charge in [0.2, 0.25) is 15.9 Å². The second kappa shape index (κ2) is 11.6. The number of nitrogens with zero attached hydrogens (tertiary/aromatic N) is 1. The fourth-order valence-electron chi connectivity index (χ4n) is 4.00. The van der Waals surface area contributed by atoms with Crippen molar-refractivity contribution in [2.45, 2.75) is 51.5 Å². The maximum Gasteiger partial charge on any atom is 0.324 e. The molecular formula is C23H32FN3O5S. The summed E-state index contributed by atoms with van der Waals surface area (Å²) in [6.45, 7) is 2.83. The van der Waals surface area contributed by atoms with Crippen LogP contribution in [0.5, 0.6) is 5.75 Å². The number of ether oxygens (including phenoxy) is 1. The summed E-state index contributed by atoms with van der Waals surface area (Å²) in [5, 5.41) is 2.24. The smallest absolute Gasteiger partial charge is 0.324 e. The predicted octanol–water partition coefficient (Wildman–Crippen LogP) is 3.26. The first-order chi connectivity index (χ1) is 15.7. The van der Waals surface area contributed by atoms with Crippen LogP contribution in [0.2, 0.25) is 0 Å². The third-order valence-electron chi connectivity index (χ3n) is 5.95.